The lowest BCUT2D eigenvalue weighted by molar-refractivity contribution is -0.140. The fourth-order valence-electron chi connectivity index (χ4n) is 3.85. The van der Waals surface area contributed by atoms with Crippen LogP contribution in [-0.4, -0.2) is 41.0 Å². The molecular weight excluding hydrogens is 478 g/mol. The fourth-order valence-corrected chi connectivity index (χ4v) is 4.12. The third-order valence-electron chi connectivity index (χ3n) is 5.86. The highest BCUT2D eigenvalue weighted by Gasteiger charge is 2.36. The molecule has 0 heterocycles. The van der Waals surface area contributed by atoms with Crippen LogP contribution in [-0.2, 0) is 14.3 Å². The quantitative estimate of drug-likeness (QED) is 0.445. The van der Waals surface area contributed by atoms with Gasteiger partial charge in [0.25, 0.3) is 5.91 Å². The predicted molar refractivity (Wildman–Crippen MR) is 144 cm³/mol. The van der Waals surface area contributed by atoms with Crippen LogP contribution in [0.2, 0.25) is 5.02 Å². The highest BCUT2D eigenvalue weighted by Crippen LogP contribution is 2.32. The molecule has 3 amide bonds. The molecule has 36 heavy (non-hydrogen) atoms. The first-order valence-electron chi connectivity index (χ1n) is 12.2. The van der Waals surface area contributed by atoms with Gasteiger partial charge >= 0.3 is 6.09 Å². The number of nitrogens with zero attached hydrogens (tertiary/aromatic N) is 1. The molecule has 2 rings (SSSR count). The number of hydrogen-bond donors (Lipinski definition) is 2. The molecule has 2 unspecified atom stereocenters. The summed E-state index contributed by atoms with van der Waals surface area (Å²) < 4.78 is 5.27. The number of carbonyl (C=O) groups is 3. The van der Waals surface area contributed by atoms with E-state index < -0.39 is 23.6 Å². The van der Waals surface area contributed by atoms with Crippen molar-refractivity contribution in [2.45, 2.75) is 79.5 Å². The van der Waals surface area contributed by atoms with E-state index in [4.69, 9.17) is 16.3 Å². The zero-order valence-corrected chi connectivity index (χ0v) is 23.2. The van der Waals surface area contributed by atoms with Crippen molar-refractivity contribution in [2.24, 2.45) is 0 Å². The van der Waals surface area contributed by atoms with E-state index in [9.17, 15) is 14.4 Å². The Morgan fingerprint density at radius 3 is 2.31 bits per heavy atom. The van der Waals surface area contributed by atoms with Crippen LogP contribution in [0.3, 0.4) is 0 Å². The molecule has 2 atom stereocenters. The van der Waals surface area contributed by atoms with Gasteiger partial charge in [0.05, 0.1) is 10.7 Å². The number of carbonyl (C=O) groups excluding carboxylic acids is 3. The fraction of sp³-hybridized carbons (Fsp3) is 0.464. The summed E-state index contributed by atoms with van der Waals surface area (Å²) in [5.74, 6) is -0.780. The van der Waals surface area contributed by atoms with Crippen molar-refractivity contribution in [3.8, 4) is 0 Å². The first-order valence-corrected chi connectivity index (χ1v) is 12.5. The number of benzene rings is 2. The largest absolute Gasteiger partial charge is 0.444 e. The van der Waals surface area contributed by atoms with Gasteiger partial charge in [-0.25, -0.2) is 4.79 Å². The highest BCUT2D eigenvalue weighted by molar-refractivity contribution is 6.34. The van der Waals surface area contributed by atoms with E-state index in [1.165, 1.54) is 0 Å². The molecule has 2 aromatic rings. The van der Waals surface area contributed by atoms with E-state index in [1.807, 2.05) is 65.0 Å². The van der Waals surface area contributed by atoms with Crippen LogP contribution in [0.15, 0.2) is 36.4 Å². The van der Waals surface area contributed by atoms with Crippen molar-refractivity contribution >= 4 is 35.2 Å². The van der Waals surface area contributed by atoms with E-state index in [2.05, 4.69) is 10.6 Å². The Morgan fingerprint density at radius 1 is 1.06 bits per heavy atom. The van der Waals surface area contributed by atoms with E-state index in [1.54, 1.807) is 31.7 Å². The summed E-state index contributed by atoms with van der Waals surface area (Å²) in [7, 11) is 0. The van der Waals surface area contributed by atoms with Crippen molar-refractivity contribution in [3.05, 3.63) is 63.7 Å². The average molecular weight is 516 g/mol. The number of aryl methyl sites for hydroxylation is 3. The van der Waals surface area contributed by atoms with Crippen molar-refractivity contribution in [3.63, 3.8) is 0 Å². The first kappa shape index (κ1) is 29.2. The van der Waals surface area contributed by atoms with Gasteiger partial charge < -0.3 is 20.3 Å². The highest BCUT2D eigenvalue weighted by atomic mass is 35.5. The molecular formula is C28H38ClN3O4. The number of amides is 3. The lowest BCUT2D eigenvalue weighted by atomic mass is 9.95. The predicted octanol–water partition coefficient (Wildman–Crippen LogP) is 6.10. The SMILES string of the molecule is CCC(C)N(C(=O)CNC(=O)OC(C)(C)C)C(C(=O)Nc1c(C)cccc1Cl)c1cc(C)ccc1C. The average Bonchev–Trinajstić information content (AvgIpc) is 2.78. The first-order chi connectivity index (χ1) is 16.7. The normalized spacial score (nSPS) is 12.9. The molecule has 0 spiro atoms. The molecule has 0 aliphatic rings. The van der Waals surface area contributed by atoms with Crippen LogP contribution in [0.5, 0.6) is 0 Å². The van der Waals surface area contributed by atoms with Crippen molar-refractivity contribution in [1.82, 2.24) is 10.2 Å². The molecule has 7 nitrogen and oxygen atoms in total. The second-order valence-corrected chi connectivity index (χ2v) is 10.5. The van der Waals surface area contributed by atoms with Crippen LogP contribution in [0.25, 0.3) is 0 Å². The monoisotopic (exact) mass is 515 g/mol. The molecule has 0 bridgehead atoms. The minimum Gasteiger partial charge on any atom is -0.444 e. The van der Waals surface area contributed by atoms with E-state index >= 15 is 0 Å². The number of hydrogen-bond acceptors (Lipinski definition) is 4. The molecule has 2 aromatic carbocycles. The molecule has 0 fully saturated rings. The summed E-state index contributed by atoms with van der Waals surface area (Å²) in [5.41, 5.74) is 3.16. The van der Waals surface area contributed by atoms with E-state index in [0.29, 0.717) is 22.7 Å². The zero-order valence-electron chi connectivity index (χ0n) is 22.5. The molecule has 0 aromatic heterocycles. The smallest absolute Gasteiger partial charge is 0.408 e. The van der Waals surface area contributed by atoms with Gasteiger partial charge in [-0.1, -0.05) is 54.4 Å². The molecule has 0 aliphatic heterocycles. The maximum absolute atomic E-state index is 13.9. The van der Waals surface area contributed by atoms with E-state index in [0.717, 1.165) is 16.7 Å². The van der Waals surface area contributed by atoms with Crippen LogP contribution in [0, 0.1) is 20.8 Å². The van der Waals surface area contributed by atoms with Gasteiger partial charge in [0, 0.05) is 6.04 Å². The molecule has 8 heteroatoms. The Bertz CT molecular complexity index is 1090. The topological polar surface area (TPSA) is 87.7 Å². The number of anilines is 1. The summed E-state index contributed by atoms with van der Waals surface area (Å²) in [5, 5.41) is 5.90. The number of para-hydroxylation sites is 1. The molecule has 196 valence electrons. The van der Waals surface area contributed by atoms with Crippen LogP contribution < -0.4 is 10.6 Å². The van der Waals surface area contributed by atoms with Crippen molar-refractivity contribution in [1.29, 1.82) is 0 Å². The van der Waals surface area contributed by atoms with Gasteiger partial charge in [-0.3, -0.25) is 9.59 Å². The van der Waals surface area contributed by atoms with Gasteiger partial charge in [-0.2, -0.15) is 0 Å². The van der Waals surface area contributed by atoms with Crippen molar-refractivity contribution < 1.29 is 19.1 Å². The maximum atomic E-state index is 13.9. The summed E-state index contributed by atoms with van der Waals surface area (Å²) in [4.78, 5) is 41.2. The Balaban J connectivity index is 2.50. The molecule has 0 aliphatic carbocycles. The lowest BCUT2D eigenvalue weighted by Gasteiger charge is -2.37. The third kappa shape index (κ3) is 7.72. The Kier molecular flexibility index (Phi) is 9.93. The summed E-state index contributed by atoms with van der Waals surface area (Å²) in [6, 6.07) is 9.96. The minimum absolute atomic E-state index is 0.291. The van der Waals surface area contributed by atoms with Gasteiger partial charge in [0.2, 0.25) is 5.91 Å². The van der Waals surface area contributed by atoms with Gasteiger partial charge in [-0.05, 0) is 77.6 Å². The Hall–Kier alpha value is -3.06. The van der Waals surface area contributed by atoms with Gasteiger partial charge in [0.15, 0.2) is 0 Å². The minimum atomic E-state index is -0.941. The number of ether oxygens (including phenoxy) is 1. The standard InChI is InChI=1S/C28H38ClN3O4/c1-9-20(5)32(23(33)16-30-27(35)36-28(6,7)8)25(21-15-17(2)13-14-18(21)3)26(34)31-24-19(4)11-10-12-22(24)29/h10-15,20,25H,9,16H2,1-8H3,(H,30,35)(H,31,34). The maximum Gasteiger partial charge on any atom is 0.408 e. The Morgan fingerprint density at radius 2 is 1.72 bits per heavy atom. The molecule has 0 saturated heterocycles. The lowest BCUT2D eigenvalue weighted by Crippen LogP contribution is -2.50. The Labute approximate surface area is 219 Å². The second-order valence-electron chi connectivity index (χ2n) is 10.1. The number of alkyl carbamates (subject to hydrolysis) is 1. The number of rotatable bonds is 8. The molecule has 0 saturated carbocycles. The van der Waals surface area contributed by atoms with Gasteiger partial charge in [0.1, 0.15) is 18.2 Å². The third-order valence-corrected chi connectivity index (χ3v) is 6.18. The van der Waals surface area contributed by atoms with Crippen LogP contribution in [0.1, 0.15) is 69.3 Å². The summed E-state index contributed by atoms with van der Waals surface area (Å²) in [6.07, 6.45) is -0.0859. The van der Waals surface area contributed by atoms with Crippen LogP contribution in [0.4, 0.5) is 10.5 Å². The van der Waals surface area contributed by atoms with Crippen molar-refractivity contribution in [2.75, 3.05) is 11.9 Å². The van der Waals surface area contributed by atoms with Gasteiger partial charge in [-0.15, -0.1) is 0 Å². The van der Waals surface area contributed by atoms with E-state index in [-0.39, 0.29) is 18.5 Å². The number of halogens is 1. The molecule has 0 radical (unpaired) electrons. The number of nitrogens with one attached hydrogen (secondary N) is 2. The molecule has 2 N–H and O–H groups in total. The second kappa shape index (κ2) is 12.3. The summed E-state index contributed by atoms with van der Waals surface area (Å²) in [6.45, 7) is 14.5. The van der Waals surface area contributed by atoms with Crippen LogP contribution >= 0.6 is 11.6 Å². The summed E-state index contributed by atoms with van der Waals surface area (Å²) >= 11 is 6.39. The zero-order chi connectivity index (χ0) is 27.2.